The predicted molar refractivity (Wildman–Crippen MR) is 79.5 cm³/mol. The molecule has 1 aromatic rings. The second-order valence-electron chi connectivity index (χ2n) is 4.54. The molecule has 0 aliphatic carbocycles. The summed E-state index contributed by atoms with van der Waals surface area (Å²) in [7, 11) is -1.92. The quantitative estimate of drug-likeness (QED) is 0.858. The van der Waals surface area contributed by atoms with Crippen molar-refractivity contribution >= 4 is 26.0 Å². The Bertz CT molecular complexity index is 543. The molecule has 0 fully saturated rings. The fourth-order valence-electron chi connectivity index (χ4n) is 1.74. The third-order valence-electron chi connectivity index (χ3n) is 3.05. The Morgan fingerprint density at radius 2 is 2.00 bits per heavy atom. The van der Waals surface area contributed by atoms with E-state index in [9.17, 15) is 13.5 Å². The molecule has 108 valence electrons. The molecule has 0 amide bonds. The molecule has 1 rings (SSSR count). The summed E-state index contributed by atoms with van der Waals surface area (Å²) in [5.74, 6) is 0. The van der Waals surface area contributed by atoms with Crippen molar-refractivity contribution in [3.63, 3.8) is 0 Å². The van der Waals surface area contributed by atoms with Gasteiger partial charge in [0.2, 0.25) is 10.0 Å². The van der Waals surface area contributed by atoms with Crippen molar-refractivity contribution in [2.45, 2.75) is 38.2 Å². The lowest BCUT2D eigenvalue weighted by molar-refractivity contribution is 0.281. The second-order valence-corrected chi connectivity index (χ2v) is 7.41. The van der Waals surface area contributed by atoms with Crippen molar-refractivity contribution in [2.24, 2.45) is 0 Å². The van der Waals surface area contributed by atoms with Crippen molar-refractivity contribution in [1.29, 1.82) is 0 Å². The summed E-state index contributed by atoms with van der Waals surface area (Å²) in [4.78, 5) is 0.254. The fraction of sp³-hybridized carbons (Fsp3) is 0.538. The van der Waals surface area contributed by atoms with Gasteiger partial charge in [-0.3, -0.25) is 0 Å². The van der Waals surface area contributed by atoms with Crippen LogP contribution in [-0.2, 0) is 16.6 Å². The zero-order valence-electron chi connectivity index (χ0n) is 11.5. The number of unbranched alkanes of at least 4 members (excludes halogenated alkanes) is 1. The van der Waals surface area contributed by atoms with Crippen LogP contribution in [0.5, 0.6) is 0 Å². The number of aliphatic hydroxyl groups is 1. The molecule has 0 aliphatic rings. The molecule has 0 saturated heterocycles. The molecule has 0 spiro atoms. The Labute approximate surface area is 123 Å². The van der Waals surface area contributed by atoms with E-state index >= 15 is 0 Å². The average molecular weight is 350 g/mol. The van der Waals surface area contributed by atoms with E-state index in [2.05, 4.69) is 15.9 Å². The second kappa shape index (κ2) is 6.83. The van der Waals surface area contributed by atoms with E-state index in [1.807, 2.05) is 6.92 Å². The van der Waals surface area contributed by atoms with Gasteiger partial charge in [0.25, 0.3) is 0 Å². The third-order valence-corrected chi connectivity index (χ3v) is 5.86. The number of nitrogens with zero attached hydrogens (tertiary/aromatic N) is 1. The number of aliphatic hydroxyl groups excluding tert-OH is 1. The molecule has 0 radical (unpaired) electrons. The van der Waals surface area contributed by atoms with Gasteiger partial charge < -0.3 is 5.11 Å². The first kappa shape index (κ1) is 16.6. The molecule has 0 aliphatic heterocycles. The van der Waals surface area contributed by atoms with Crippen LogP contribution >= 0.6 is 15.9 Å². The lowest BCUT2D eigenvalue weighted by Gasteiger charge is -2.19. The minimum atomic E-state index is -3.50. The Balaban J connectivity index is 3.24. The van der Waals surface area contributed by atoms with E-state index in [4.69, 9.17) is 0 Å². The van der Waals surface area contributed by atoms with Gasteiger partial charge in [-0.05, 0) is 36.6 Å². The summed E-state index contributed by atoms with van der Waals surface area (Å²) in [6.07, 6.45) is 1.77. The van der Waals surface area contributed by atoms with Crippen LogP contribution in [0.1, 0.15) is 30.9 Å². The molecule has 4 nitrogen and oxygen atoms in total. The van der Waals surface area contributed by atoms with Crippen molar-refractivity contribution in [2.75, 3.05) is 13.6 Å². The van der Waals surface area contributed by atoms with E-state index in [0.717, 1.165) is 12.8 Å². The predicted octanol–water partition coefficient (Wildman–Crippen LogP) is 2.67. The normalized spacial score (nSPS) is 12.1. The maximum absolute atomic E-state index is 12.5. The smallest absolute Gasteiger partial charge is 0.243 e. The SMILES string of the molecule is CCCCN(C)S(=O)(=O)c1cc(CO)cc(Br)c1C. The lowest BCUT2D eigenvalue weighted by Crippen LogP contribution is -2.28. The van der Waals surface area contributed by atoms with E-state index in [0.29, 0.717) is 22.1 Å². The highest BCUT2D eigenvalue weighted by Gasteiger charge is 2.23. The van der Waals surface area contributed by atoms with Gasteiger partial charge in [-0.1, -0.05) is 29.3 Å². The molecule has 0 atom stereocenters. The van der Waals surface area contributed by atoms with Crippen molar-refractivity contribution < 1.29 is 13.5 Å². The van der Waals surface area contributed by atoms with Crippen molar-refractivity contribution in [3.8, 4) is 0 Å². The van der Waals surface area contributed by atoms with Gasteiger partial charge in [0.15, 0.2) is 0 Å². The molecular formula is C13H20BrNO3S. The summed E-state index contributed by atoms with van der Waals surface area (Å²) in [6.45, 7) is 4.10. The summed E-state index contributed by atoms with van der Waals surface area (Å²) in [5, 5.41) is 9.19. The van der Waals surface area contributed by atoms with Crippen LogP contribution in [0.15, 0.2) is 21.5 Å². The van der Waals surface area contributed by atoms with E-state index < -0.39 is 10.0 Å². The molecule has 19 heavy (non-hydrogen) atoms. The van der Waals surface area contributed by atoms with E-state index in [1.165, 1.54) is 10.4 Å². The summed E-state index contributed by atoms with van der Waals surface area (Å²) < 4.78 is 27.1. The van der Waals surface area contributed by atoms with Crippen LogP contribution in [0.25, 0.3) is 0 Å². The molecule has 0 bridgehead atoms. The summed E-state index contributed by atoms with van der Waals surface area (Å²) in [6, 6.07) is 3.28. The highest BCUT2D eigenvalue weighted by atomic mass is 79.9. The zero-order chi connectivity index (χ0) is 14.6. The first-order valence-corrected chi connectivity index (χ1v) is 8.44. The standard InChI is InChI=1S/C13H20BrNO3S/c1-4-5-6-15(3)19(17,18)13-8-11(9-16)7-12(14)10(13)2/h7-8,16H,4-6,9H2,1-3H3. The topological polar surface area (TPSA) is 57.6 Å². The Kier molecular flexibility index (Phi) is 5.98. The monoisotopic (exact) mass is 349 g/mol. The number of rotatable bonds is 6. The van der Waals surface area contributed by atoms with Crippen LogP contribution in [0.2, 0.25) is 0 Å². The summed E-state index contributed by atoms with van der Waals surface area (Å²) in [5.41, 5.74) is 1.25. The van der Waals surface area contributed by atoms with Gasteiger partial charge in [0, 0.05) is 18.1 Å². The van der Waals surface area contributed by atoms with Crippen LogP contribution in [0, 0.1) is 6.92 Å². The molecule has 1 N–H and O–H groups in total. The molecule has 6 heteroatoms. The first-order valence-electron chi connectivity index (χ1n) is 6.20. The fourth-order valence-corrected chi connectivity index (χ4v) is 3.88. The van der Waals surface area contributed by atoms with Gasteiger partial charge in [0.05, 0.1) is 11.5 Å². The molecule has 0 aromatic heterocycles. The molecule has 0 unspecified atom stereocenters. The van der Waals surface area contributed by atoms with Gasteiger partial charge in [-0.15, -0.1) is 0 Å². The number of sulfonamides is 1. The molecule has 1 aromatic carbocycles. The Morgan fingerprint density at radius 3 is 2.53 bits per heavy atom. The molecular weight excluding hydrogens is 330 g/mol. The number of hydrogen-bond donors (Lipinski definition) is 1. The van der Waals surface area contributed by atoms with Gasteiger partial charge in [-0.25, -0.2) is 12.7 Å². The third kappa shape index (κ3) is 3.78. The number of hydrogen-bond acceptors (Lipinski definition) is 3. The lowest BCUT2D eigenvalue weighted by atomic mass is 10.2. The highest BCUT2D eigenvalue weighted by Crippen LogP contribution is 2.27. The van der Waals surface area contributed by atoms with E-state index in [-0.39, 0.29) is 11.5 Å². The van der Waals surface area contributed by atoms with Crippen molar-refractivity contribution in [3.05, 3.63) is 27.7 Å². The van der Waals surface area contributed by atoms with Gasteiger partial charge in [-0.2, -0.15) is 0 Å². The maximum Gasteiger partial charge on any atom is 0.243 e. The number of benzene rings is 1. The molecule has 0 saturated carbocycles. The van der Waals surface area contributed by atoms with Crippen molar-refractivity contribution in [1.82, 2.24) is 4.31 Å². The largest absolute Gasteiger partial charge is 0.392 e. The molecule has 0 heterocycles. The summed E-state index contributed by atoms with van der Waals surface area (Å²) >= 11 is 3.34. The number of halogens is 1. The maximum atomic E-state index is 12.5. The van der Waals surface area contributed by atoms with Crippen LogP contribution in [0.4, 0.5) is 0 Å². The Hall–Kier alpha value is -0.430. The van der Waals surface area contributed by atoms with Gasteiger partial charge in [0.1, 0.15) is 0 Å². The minimum Gasteiger partial charge on any atom is -0.392 e. The average Bonchev–Trinajstić information content (AvgIpc) is 2.38. The minimum absolute atomic E-state index is 0.180. The van der Waals surface area contributed by atoms with E-state index in [1.54, 1.807) is 20.0 Å². The zero-order valence-corrected chi connectivity index (χ0v) is 13.9. The van der Waals surface area contributed by atoms with Crippen LogP contribution in [-0.4, -0.2) is 31.4 Å². The van der Waals surface area contributed by atoms with Gasteiger partial charge >= 0.3 is 0 Å². The first-order chi connectivity index (χ1) is 8.84. The Morgan fingerprint density at radius 1 is 1.37 bits per heavy atom. The van der Waals surface area contributed by atoms with Crippen LogP contribution < -0.4 is 0 Å². The van der Waals surface area contributed by atoms with Crippen LogP contribution in [0.3, 0.4) is 0 Å². The highest BCUT2D eigenvalue weighted by molar-refractivity contribution is 9.10.